The van der Waals surface area contributed by atoms with Gasteiger partial charge >= 0.3 is 5.97 Å². The normalized spacial score (nSPS) is 16.8. The van der Waals surface area contributed by atoms with Crippen LogP contribution >= 0.6 is 11.8 Å². The molecule has 9 heteroatoms. The van der Waals surface area contributed by atoms with Gasteiger partial charge in [0.1, 0.15) is 27.9 Å². The Hall–Kier alpha value is -3.33. The molecule has 1 aliphatic heterocycles. The Morgan fingerprint density at radius 3 is 2.61 bits per heavy atom. The Morgan fingerprint density at radius 2 is 2.04 bits per heavy atom. The fourth-order valence-corrected chi connectivity index (χ4v) is 3.43. The molecule has 1 aliphatic rings. The van der Waals surface area contributed by atoms with E-state index in [-0.39, 0.29) is 28.7 Å². The maximum atomic E-state index is 12.3. The Labute approximate surface area is 164 Å². The van der Waals surface area contributed by atoms with Crippen LogP contribution in [-0.2, 0) is 9.53 Å². The van der Waals surface area contributed by atoms with E-state index >= 15 is 0 Å². The Bertz CT molecular complexity index is 1020. The van der Waals surface area contributed by atoms with Crippen molar-refractivity contribution >= 4 is 40.2 Å². The number of aliphatic imine (C=N–C) groups is 1. The monoisotopic (exact) mass is 400 g/mol. The highest BCUT2D eigenvalue weighted by Gasteiger charge is 2.33. The number of hydrogen-bond donors (Lipinski definition) is 1. The summed E-state index contributed by atoms with van der Waals surface area (Å²) in [5.74, 6) is 0.278. The molecule has 0 atom stereocenters. The molecule has 0 unspecified atom stereocenters. The van der Waals surface area contributed by atoms with E-state index in [1.807, 2.05) is 0 Å². The number of aliphatic hydroxyl groups is 1. The third-order valence-corrected chi connectivity index (χ3v) is 4.72. The van der Waals surface area contributed by atoms with Crippen LogP contribution in [0, 0.1) is 17.0 Å². The molecule has 0 saturated heterocycles. The fourth-order valence-electron chi connectivity index (χ4n) is 2.42. The highest BCUT2D eigenvalue weighted by atomic mass is 32.2. The van der Waals surface area contributed by atoms with Crippen LogP contribution in [0.2, 0.25) is 0 Å². The second kappa shape index (κ2) is 8.13. The molecule has 144 valence electrons. The number of nitrogens with zero attached hydrogens (tertiary/aromatic N) is 2. The van der Waals surface area contributed by atoms with Crippen molar-refractivity contribution in [3.05, 3.63) is 74.3 Å². The molecule has 2 heterocycles. The molecule has 0 fully saturated rings. The lowest BCUT2D eigenvalue weighted by molar-refractivity contribution is -0.384. The molecular weight excluding hydrogens is 384 g/mol. The molecule has 1 aromatic heterocycles. The van der Waals surface area contributed by atoms with Crippen molar-refractivity contribution in [2.45, 2.75) is 13.8 Å². The lowest BCUT2D eigenvalue weighted by Gasteiger charge is -2.03. The highest BCUT2D eigenvalue weighted by molar-refractivity contribution is 8.18. The number of carbonyl (C=O) groups is 1. The number of esters is 1. The number of hydrogen-bond acceptors (Lipinski definition) is 8. The topological polar surface area (TPSA) is 115 Å². The van der Waals surface area contributed by atoms with Crippen LogP contribution in [0.15, 0.2) is 62.0 Å². The van der Waals surface area contributed by atoms with E-state index in [9.17, 15) is 20.0 Å². The summed E-state index contributed by atoms with van der Waals surface area (Å²) < 4.78 is 10.5. The number of carbonyl (C=O) groups excluding carboxylic acids is 1. The van der Waals surface area contributed by atoms with Gasteiger partial charge in [-0.15, -0.1) is 0 Å². The smallest absolute Gasteiger partial charge is 0.344 e. The number of nitro benzene ring substituents is 1. The van der Waals surface area contributed by atoms with E-state index in [4.69, 9.17) is 9.15 Å². The molecule has 0 aliphatic carbocycles. The van der Waals surface area contributed by atoms with Crippen LogP contribution in [0.5, 0.6) is 0 Å². The number of aryl methyl sites for hydroxylation is 1. The first kappa shape index (κ1) is 19.4. The predicted molar refractivity (Wildman–Crippen MR) is 105 cm³/mol. The Morgan fingerprint density at radius 1 is 1.32 bits per heavy atom. The quantitative estimate of drug-likeness (QED) is 0.440. The van der Waals surface area contributed by atoms with Crippen LogP contribution in [-0.4, -0.2) is 27.6 Å². The summed E-state index contributed by atoms with van der Waals surface area (Å²) >= 11 is 1.08. The number of non-ortho nitro benzene ring substituents is 1. The van der Waals surface area contributed by atoms with Gasteiger partial charge in [-0.25, -0.2) is 9.79 Å². The number of rotatable bonds is 5. The second-order valence-corrected chi connectivity index (χ2v) is 6.72. The number of ether oxygens (including phenoxy) is 1. The molecule has 0 bridgehead atoms. The molecule has 1 aromatic carbocycles. The second-order valence-electron chi connectivity index (χ2n) is 5.69. The van der Waals surface area contributed by atoms with Gasteiger partial charge in [-0.05, 0) is 44.2 Å². The summed E-state index contributed by atoms with van der Waals surface area (Å²) in [7, 11) is 0. The van der Waals surface area contributed by atoms with E-state index in [0.717, 1.165) is 11.8 Å². The van der Waals surface area contributed by atoms with Gasteiger partial charge in [0.05, 0.1) is 22.1 Å². The number of aliphatic hydroxyl groups excluding tert-OH is 1. The zero-order valence-electron chi connectivity index (χ0n) is 15.0. The third-order valence-electron chi connectivity index (χ3n) is 3.70. The van der Waals surface area contributed by atoms with Crippen molar-refractivity contribution in [3.63, 3.8) is 0 Å². The van der Waals surface area contributed by atoms with Crippen LogP contribution in [0.4, 0.5) is 11.4 Å². The number of nitro groups is 1. The van der Waals surface area contributed by atoms with E-state index < -0.39 is 10.9 Å². The van der Waals surface area contributed by atoms with Crippen LogP contribution < -0.4 is 0 Å². The number of benzene rings is 1. The van der Waals surface area contributed by atoms with Gasteiger partial charge in [0.25, 0.3) is 5.69 Å². The average Bonchev–Trinajstić information content (AvgIpc) is 3.19. The molecular formula is C19H16N2O6S. The average molecular weight is 400 g/mol. The number of thioether (sulfide) groups is 1. The lowest BCUT2D eigenvalue weighted by atomic mass is 10.2. The minimum atomic E-state index is -0.702. The molecule has 0 spiro atoms. The van der Waals surface area contributed by atoms with Crippen molar-refractivity contribution in [1.82, 2.24) is 0 Å². The largest absolute Gasteiger partial charge is 0.506 e. The zero-order chi connectivity index (χ0) is 20.3. The Balaban J connectivity index is 2.00. The maximum absolute atomic E-state index is 12.3. The molecule has 0 radical (unpaired) electrons. The van der Waals surface area contributed by atoms with Gasteiger partial charge in [0.15, 0.2) is 0 Å². The van der Waals surface area contributed by atoms with E-state index in [1.165, 1.54) is 24.3 Å². The first-order chi connectivity index (χ1) is 13.4. The van der Waals surface area contributed by atoms with Crippen molar-refractivity contribution in [3.8, 4) is 0 Å². The van der Waals surface area contributed by atoms with Crippen molar-refractivity contribution in [2.75, 3.05) is 6.61 Å². The molecule has 8 nitrogen and oxygen atoms in total. The Kier molecular flexibility index (Phi) is 5.65. The first-order valence-electron chi connectivity index (χ1n) is 8.29. The molecule has 1 N–H and O–H groups in total. The van der Waals surface area contributed by atoms with Gasteiger partial charge in [-0.1, -0.05) is 11.8 Å². The van der Waals surface area contributed by atoms with Crippen LogP contribution in [0.3, 0.4) is 0 Å². The van der Waals surface area contributed by atoms with Gasteiger partial charge in [0, 0.05) is 12.1 Å². The SMILES string of the molecule is CCOC(=O)C1=C(O)C(=Cc2ccc(C)o2)SC1=Nc1ccc([N+](=O)[O-])cc1. The first-order valence-corrected chi connectivity index (χ1v) is 9.11. The lowest BCUT2D eigenvalue weighted by Crippen LogP contribution is -2.12. The number of furan rings is 1. The molecule has 0 saturated carbocycles. The van der Waals surface area contributed by atoms with Crippen molar-refractivity contribution in [1.29, 1.82) is 0 Å². The standard InChI is InChI=1S/C19H16N2O6S/c1-3-26-19(23)16-17(22)15(10-14-9-4-11(2)27-14)28-18(16)20-12-5-7-13(8-6-12)21(24)25/h4-10,22H,3H2,1-2H3. The van der Waals surface area contributed by atoms with Gasteiger partial charge in [0.2, 0.25) is 0 Å². The fraction of sp³-hybridized carbons (Fsp3) is 0.158. The maximum Gasteiger partial charge on any atom is 0.344 e. The molecule has 0 amide bonds. The molecule has 28 heavy (non-hydrogen) atoms. The minimum absolute atomic E-state index is 0.0558. The summed E-state index contributed by atoms with van der Waals surface area (Å²) in [6.45, 7) is 3.60. The van der Waals surface area contributed by atoms with Crippen LogP contribution in [0.1, 0.15) is 18.4 Å². The van der Waals surface area contributed by atoms with E-state index in [1.54, 1.807) is 32.1 Å². The molecule has 2 aromatic rings. The third kappa shape index (κ3) is 4.15. The van der Waals surface area contributed by atoms with E-state index in [2.05, 4.69) is 4.99 Å². The summed E-state index contributed by atoms with van der Waals surface area (Å²) in [6.07, 6.45) is 1.60. The summed E-state index contributed by atoms with van der Waals surface area (Å²) in [6, 6.07) is 9.08. The van der Waals surface area contributed by atoms with Crippen LogP contribution in [0.25, 0.3) is 6.08 Å². The van der Waals surface area contributed by atoms with Crippen molar-refractivity contribution in [2.24, 2.45) is 4.99 Å². The van der Waals surface area contributed by atoms with Gasteiger partial charge in [-0.3, -0.25) is 10.1 Å². The summed E-state index contributed by atoms with van der Waals surface area (Å²) in [4.78, 5) is 27.3. The molecule has 3 rings (SSSR count). The highest BCUT2D eigenvalue weighted by Crippen LogP contribution is 2.40. The summed E-state index contributed by atoms with van der Waals surface area (Å²) in [5, 5.41) is 21.6. The minimum Gasteiger partial charge on any atom is -0.506 e. The van der Waals surface area contributed by atoms with Gasteiger partial charge < -0.3 is 14.3 Å². The summed E-state index contributed by atoms with van der Waals surface area (Å²) in [5.41, 5.74) is 0.276. The van der Waals surface area contributed by atoms with Crippen molar-refractivity contribution < 1.29 is 24.0 Å². The predicted octanol–water partition coefficient (Wildman–Crippen LogP) is 4.69. The van der Waals surface area contributed by atoms with E-state index in [0.29, 0.717) is 22.1 Å². The zero-order valence-corrected chi connectivity index (χ0v) is 15.9. The van der Waals surface area contributed by atoms with Gasteiger partial charge in [-0.2, -0.15) is 0 Å².